The molecule has 1 aliphatic heterocycles. The number of carbonyl (C=O) groups is 1. The van der Waals surface area contributed by atoms with Crippen LogP contribution in [0.5, 0.6) is 0 Å². The van der Waals surface area contributed by atoms with Gasteiger partial charge < -0.3 is 4.90 Å². The van der Waals surface area contributed by atoms with Crippen LogP contribution >= 0.6 is 0 Å². The molecule has 1 amide bonds. The number of hydrogen-bond acceptors (Lipinski definition) is 2. The lowest BCUT2D eigenvalue weighted by Crippen LogP contribution is -3.10. The zero-order chi connectivity index (χ0) is 20.1. The van der Waals surface area contributed by atoms with E-state index in [0.29, 0.717) is 11.1 Å². The van der Waals surface area contributed by atoms with Gasteiger partial charge in [-0.2, -0.15) is 5.10 Å². The van der Waals surface area contributed by atoms with E-state index < -0.39 is 0 Å². The average molecular weight is 388 g/mol. The summed E-state index contributed by atoms with van der Waals surface area (Å²) in [5, 5.41) is 3.85. The maximum atomic E-state index is 13.6. The van der Waals surface area contributed by atoms with E-state index in [-0.39, 0.29) is 11.7 Å². The van der Waals surface area contributed by atoms with E-state index in [4.69, 9.17) is 0 Å². The molecule has 1 unspecified atom stereocenters. The smallest absolute Gasteiger partial charge is 0.271 e. The molecule has 0 spiro atoms. The van der Waals surface area contributed by atoms with E-state index >= 15 is 0 Å². The molecule has 1 atom stereocenters. The Bertz CT molecular complexity index is 1030. The Morgan fingerprint density at radius 1 is 1.00 bits per heavy atom. The van der Waals surface area contributed by atoms with Crippen molar-refractivity contribution in [1.29, 1.82) is 0 Å². The Morgan fingerprint density at radius 3 is 2.52 bits per heavy atom. The average Bonchev–Trinajstić information content (AvgIpc) is 2.75. The van der Waals surface area contributed by atoms with Gasteiger partial charge in [0.05, 0.1) is 12.8 Å². The summed E-state index contributed by atoms with van der Waals surface area (Å²) in [7, 11) is 0. The molecule has 3 aromatic carbocycles. The maximum absolute atomic E-state index is 13.6. The number of amides is 1. The molecule has 0 aromatic heterocycles. The van der Waals surface area contributed by atoms with Crippen LogP contribution in [-0.4, -0.2) is 18.7 Å². The van der Waals surface area contributed by atoms with Crippen LogP contribution in [0.3, 0.4) is 0 Å². The molecule has 146 valence electrons. The quantitative estimate of drug-likeness (QED) is 0.512. The van der Waals surface area contributed by atoms with Gasteiger partial charge >= 0.3 is 0 Å². The maximum Gasteiger partial charge on any atom is 0.271 e. The van der Waals surface area contributed by atoms with Gasteiger partial charge in [0, 0.05) is 28.7 Å². The summed E-state index contributed by atoms with van der Waals surface area (Å²) in [5.41, 5.74) is 7.39. The van der Waals surface area contributed by atoms with Crippen LogP contribution in [-0.2, 0) is 19.5 Å². The highest BCUT2D eigenvalue weighted by atomic mass is 19.1. The lowest BCUT2D eigenvalue weighted by atomic mass is 9.99. The van der Waals surface area contributed by atoms with Gasteiger partial charge in [0.25, 0.3) is 5.91 Å². The van der Waals surface area contributed by atoms with E-state index in [2.05, 4.69) is 34.8 Å². The van der Waals surface area contributed by atoms with Gasteiger partial charge in [0.2, 0.25) is 0 Å². The molecule has 1 heterocycles. The fourth-order valence-corrected chi connectivity index (χ4v) is 3.66. The lowest BCUT2D eigenvalue weighted by Gasteiger charge is -2.26. The molecule has 5 heteroatoms. The third-order valence-electron chi connectivity index (χ3n) is 5.25. The van der Waals surface area contributed by atoms with E-state index in [0.717, 1.165) is 26.1 Å². The molecule has 0 saturated carbocycles. The Morgan fingerprint density at radius 2 is 1.72 bits per heavy atom. The van der Waals surface area contributed by atoms with Crippen LogP contribution in [0.15, 0.2) is 77.9 Å². The van der Waals surface area contributed by atoms with E-state index in [1.54, 1.807) is 30.3 Å². The molecule has 0 radical (unpaired) electrons. The number of carbonyl (C=O) groups excluding carboxylic acids is 1. The second-order valence-electron chi connectivity index (χ2n) is 7.29. The predicted octanol–water partition coefficient (Wildman–Crippen LogP) is 2.73. The normalized spacial score (nSPS) is 15.8. The van der Waals surface area contributed by atoms with Gasteiger partial charge in [-0.15, -0.1) is 0 Å². The lowest BCUT2D eigenvalue weighted by molar-refractivity contribution is -0.929. The third-order valence-corrected chi connectivity index (χ3v) is 5.25. The van der Waals surface area contributed by atoms with Crippen molar-refractivity contribution in [1.82, 2.24) is 5.43 Å². The van der Waals surface area contributed by atoms with Gasteiger partial charge in [-0.3, -0.25) is 4.79 Å². The number of halogens is 1. The number of benzene rings is 3. The molecule has 0 fully saturated rings. The van der Waals surface area contributed by atoms with Crippen molar-refractivity contribution in [3.05, 3.63) is 106 Å². The molecule has 0 aliphatic carbocycles. The standard InChI is InChI=1S/C24H22FN3O/c25-23-8-4-3-6-21(23)15-26-27-24(29)20-11-9-18(10-12-20)16-28-14-13-19-5-1-2-7-22(19)17-28/h1-12,15H,13-14,16-17H2,(H,27,29)/p+1. The summed E-state index contributed by atoms with van der Waals surface area (Å²) in [6, 6.07) is 22.5. The molecule has 3 aromatic rings. The highest BCUT2D eigenvalue weighted by molar-refractivity contribution is 5.94. The Balaban J connectivity index is 1.33. The van der Waals surface area contributed by atoms with Gasteiger partial charge in [-0.1, -0.05) is 54.6 Å². The van der Waals surface area contributed by atoms with Crippen LogP contribution in [0.1, 0.15) is 32.6 Å². The van der Waals surface area contributed by atoms with Crippen LogP contribution in [0.4, 0.5) is 4.39 Å². The number of nitrogens with one attached hydrogen (secondary N) is 2. The summed E-state index contributed by atoms with van der Waals surface area (Å²) in [5.74, 6) is -0.693. The van der Waals surface area contributed by atoms with Gasteiger partial charge in [0.1, 0.15) is 18.9 Å². The molecule has 4 rings (SSSR count). The highest BCUT2D eigenvalue weighted by Gasteiger charge is 2.19. The number of hydrazone groups is 1. The van der Waals surface area contributed by atoms with E-state index in [1.807, 2.05) is 12.1 Å². The topological polar surface area (TPSA) is 45.9 Å². The summed E-state index contributed by atoms with van der Waals surface area (Å²) < 4.78 is 13.6. The van der Waals surface area contributed by atoms with Crippen molar-refractivity contribution >= 4 is 12.1 Å². The Kier molecular flexibility index (Phi) is 5.77. The van der Waals surface area contributed by atoms with Crippen molar-refractivity contribution in [2.75, 3.05) is 6.54 Å². The van der Waals surface area contributed by atoms with Crippen molar-refractivity contribution in [3.8, 4) is 0 Å². The monoisotopic (exact) mass is 388 g/mol. The molecule has 29 heavy (non-hydrogen) atoms. The Labute approximate surface area is 169 Å². The fraction of sp³-hybridized carbons (Fsp3) is 0.167. The van der Waals surface area contributed by atoms with Crippen LogP contribution < -0.4 is 10.3 Å². The van der Waals surface area contributed by atoms with E-state index in [9.17, 15) is 9.18 Å². The zero-order valence-corrected chi connectivity index (χ0v) is 16.1. The van der Waals surface area contributed by atoms with Gasteiger partial charge in [0.15, 0.2) is 0 Å². The molecule has 4 nitrogen and oxygen atoms in total. The summed E-state index contributed by atoms with van der Waals surface area (Å²) in [6.07, 6.45) is 2.41. The van der Waals surface area contributed by atoms with E-state index in [1.165, 1.54) is 33.9 Å². The Hall–Kier alpha value is -3.31. The zero-order valence-electron chi connectivity index (χ0n) is 16.1. The minimum atomic E-state index is -0.377. The SMILES string of the molecule is O=C(NN=Cc1ccccc1F)c1ccc(C[NH+]2CCc3ccccc3C2)cc1. The minimum absolute atomic E-state index is 0.316. The molecule has 1 aliphatic rings. The number of fused-ring (bicyclic) bond motifs is 1. The van der Waals surface area contributed by atoms with Crippen LogP contribution in [0.25, 0.3) is 0 Å². The number of hydrogen-bond donors (Lipinski definition) is 2. The predicted molar refractivity (Wildman–Crippen MR) is 111 cm³/mol. The number of quaternary nitrogens is 1. The van der Waals surface area contributed by atoms with Crippen molar-refractivity contribution in [3.63, 3.8) is 0 Å². The van der Waals surface area contributed by atoms with Crippen LogP contribution in [0.2, 0.25) is 0 Å². The largest absolute Gasteiger partial charge is 0.327 e. The first-order valence-electron chi connectivity index (χ1n) is 9.76. The summed E-state index contributed by atoms with van der Waals surface area (Å²) >= 11 is 0. The second-order valence-corrected chi connectivity index (χ2v) is 7.29. The number of rotatable bonds is 5. The molecular formula is C24H23FN3O+. The first-order valence-corrected chi connectivity index (χ1v) is 9.76. The highest BCUT2D eigenvalue weighted by Crippen LogP contribution is 2.11. The third kappa shape index (κ3) is 4.76. The first kappa shape index (κ1) is 19.0. The van der Waals surface area contributed by atoms with Crippen LogP contribution in [0, 0.1) is 5.82 Å². The van der Waals surface area contributed by atoms with Crippen molar-refractivity contribution in [2.45, 2.75) is 19.5 Å². The number of nitrogens with zero attached hydrogens (tertiary/aromatic N) is 1. The van der Waals surface area contributed by atoms with Crippen molar-refractivity contribution in [2.24, 2.45) is 5.10 Å². The molecule has 0 bridgehead atoms. The molecule has 2 N–H and O–H groups in total. The molecule has 0 saturated heterocycles. The summed E-state index contributed by atoms with van der Waals surface area (Å²) in [4.78, 5) is 13.8. The molecular weight excluding hydrogens is 365 g/mol. The first-order chi connectivity index (χ1) is 14.2. The van der Waals surface area contributed by atoms with Gasteiger partial charge in [-0.25, -0.2) is 9.82 Å². The van der Waals surface area contributed by atoms with Gasteiger partial charge in [-0.05, 0) is 23.8 Å². The second kappa shape index (κ2) is 8.80. The minimum Gasteiger partial charge on any atom is -0.327 e. The fourth-order valence-electron chi connectivity index (χ4n) is 3.66. The summed E-state index contributed by atoms with van der Waals surface area (Å²) in [6.45, 7) is 3.08. The van der Waals surface area contributed by atoms with Crippen molar-refractivity contribution < 1.29 is 14.1 Å².